The maximum Gasteiger partial charge on any atom is 0.228 e. The Morgan fingerprint density at radius 1 is 1.33 bits per heavy atom. The molecule has 0 bridgehead atoms. The van der Waals surface area contributed by atoms with Crippen LogP contribution >= 0.6 is 11.6 Å². The highest BCUT2D eigenvalue weighted by Gasteiger charge is 2.35. The van der Waals surface area contributed by atoms with Gasteiger partial charge in [0.05, 0.1) is 0 Å². The Kier molecular flexibility index (Phi) is 4.28. The van der Waals surface area contributed by atoms with Crippen molar-refractivity contribution in [2.24, 2.45) is 0 Å². The van der Waals surface area contributed by atoms with Crippen molar-refractivity contribution in [3.05, 3.63) is 35.4 Å². The molecule has 0 radical (unpaired) electrons. The lowest BCUT2D eigenvalue weighted by Gasteiger charge is -2.43. The maximum absolute atomic E-state index is 11.9. The number of benzene rings is 1. The lowest BCUT2D eigenvalue weighted by molar-refractivity contribution is 0.122. The molecule has 2 aliphatic rings. The number of alkyl halides is 1. The van der Waals surface area contributed by atoms with E-state index in [1.165, 1.54) is 18.1 Å². The van der Waals surface area contributed by atoms with Crippen LogP contribution in [0.1, 0.15) is 36.9 Å². The summed E-state index contributed by atoms with van der Waals surface area (Å²) in [7, 11) is -3.42. The first-order valence-corrected chi connectivity index (χ1v) is 9.43. The normalized spacial score (nSPS) is 27.7. The number of nitrogens with zero attached hydrogens (tertiary/aromatic N) is 1. The first kappa shape index (κ1) is 15.3. The molecule has 0 saturated carbocycles. The van der Waals surface area contributed by atoms with Gasteiger partial charge in [0.2, 0.25) is 10.0 Å². The molecule has 3 rings (SSSR count). The van der Waals surface area contributed by atoms with Gasteiger partial charge in [-0.3, -0.25) is 4.90 Å². The summed E-state index contributed by atoms with van der Waals surface area (Å²) >= 11 is 5.75. The van der Waals surface area contributed by atoms with Crippen LogP contribution in [0.2, 0.25) is 0 Å². The number of hydrogen-bond acceptors (Lipinski definition) is 3. The fraction of sp³-hybridized carbons (Fsp3) is 0.600. The summed E-state index contributed by atoms with van der Waals surface area (Å²) in [5, 5.41) is 0. The van der Waals surface area contributed by atoms with Crippen LogP contribution in [0, 0.1) is 0 Å². The van der Waals surface area contributed by atoms with E-state index in [4.69, 9.17) is 11.6 Å². The van der Waals surface area contributed by atoms with Gasteiger partial charge in [-0.1, -0.05) is 24.3 Å². The molecule has 0 spiro atoms. The second-order valence-corrected chi connectivity index (χ2v) is 8.87. The molecule has 1 fully saturated rings. The highest BCUT2D eigenvalue weighted by Crippen LogP contribution is 2.36. The number of piperidine rings is 1. The van der Waals surface area contributed by atoms with Crippen molar-refractivity contribution >= 4 is 21.6 Å². The number of sulfonamides is 1. The molecule has 3 unspecified atom stereocenters. The molecule has 116 valence electrons. The molecular formula is C15H21ClN2O2S. The van der Waals surface area contributed by atoms with E-state index < -0.39 is 14.7 Å². The molecule has 2 heterocycles. The van der Waals surface area contributed by atoms with Crippen LogP contribution < -0.4 is 4.72 Å². The Hall–Kier alpha value is -0.620. The summed E-state index contributed by atoms with van der Waals surface area (Å²) in [4.78, 5) is 2.47. The number of rotatable bonds is 3. The van der Waals surface area contributed by atoms with Gasteiger partial charge in [-0.2, -0.15) is 0 Å². The Morgan fingerprint density at radius 3 is 2.86 bits per heavy atom. The van der Waals surface area contributed by atoms with Crippen LogP contribution in [0.3, 0.4) is 0 Å². The zero-order valence-corrected chi connectivity index (χ0v) is 13.7. The fourth-order valence-electron chi connectivity index (χ4n) is 3.39. The Bertz CT molecular complexity index is 618. The standard InChI is InChI=1S/C15H21ClN2O2S/c1-11(16)21(19,20)17-13-7-9-18-8-6-12-4-2-3-5-14(12)15(18)10-13/h2-5,11,13,15,17H,6-10H2,1H3. The van der Waals surface area contributed by atoms with Crippen molar-refractivity contribution in [2.75, 3.05) is 13.1 Å². The monoisotopic (exact) mass is 328 g/mol. The van der Waals surface area contributed by atoms with Crippen LogP contribution in [-0.4, -0.2) is 37.2 Å². The third-order valence-corrected chi connectivity index (χ3v) is 6.78. The van der Waals surface area contributed by atoms with Gasteiger partial charge in [0, 0.05) is 25.2 Å². The van der Waals surface area contributed by atoms with E-state index >= 15 is 0 Å². The van der Waals surface area contributed by atoms with E-state index in [0.29, 0.717) is 6.04 Å². The molecule has 1 N–H and O–H groups in total. The summed E-state index contributed by atoms with van der Waals surface area (Å²) in [5.74, 6) is 0. The van der Waals surface area contributed by atoms with Crippen molar-refractivity contribution in [3.63, 3.8) is 0 Å². The van der Waals surface area contributed by atoms with Gasteiger partial charge in [-0.05, 0) is 37.3 Å². The molecule has 3 atom stereocenters. The van der Waals surface area contributed by atoms with Crippen molar-refractivity contribution < 1.29 is 8.42 Å². The second-order valence-electron chi connectivity index (χ2n) is 5.93. The molecule has 1 aromatic carbocycles. The second kappa shape index (κ2) is 5.88. The minimum Gasteiger partial charge on any atom is -0.296 e. The summed E-state index contributed by atoms with van der Waals surface area (Å²) in [5.41, 5.74) is 2.75. The highest BCUT2D eigenvalue weighted by molar-refractivity contribution is 7.91. The van der Waals surface area contributed by atoms with Gasteiger partial charge in [0.1, 0.15) is 4.71 Å². The highest BCUT2D eigenvalue weighted by atomic mass is 35.5. The average molecular weight is 329 g/mol. The average Bonchev–Trinajstić information content (AvgIpc) is 2.46. The van der Waals surface area contributed by atoms with Gasteiger partial charge >= 0.3 is 0 Å². The van der Waals surface area contributed by atoms with E-state index in [0.717, 1.165) is 32.4 Å². The molecule has 21 heavy (non-hydrogen) atoms. The lowest BCUT2D eigenvalue weighted by Crippen LogP contribution is -2.49. The minimum absolute atomic E-state index is 0.0244. The molecular weight excluding hydrogens is 308 g/mol. The van der Waals surface area contributed by atoms with Crippen molar-refractivity contribution in [1.82, 2.24) is 9.62 Å². The van der Waals surface area contributed by atoms with Crippen LogP contribution in [0.25, 0.3) is 0 Å². The summed E-state index contributed by atoms with van der Waals surface area (Å²) < 4.78 is 25.8. The SMILES string of the molecule is CC(Cl)S(=O)(=O)NC1CCN2CCc3ccccc3C2C1. The number of nitrogens with one attached hydrogen (secondary N) is 1. The van der Waals surface area contributed by atoms with Gasteiger partial charge < -0.3 is 0 Å². The Labute approximate surface area is 131 Å². The van der Waals surface area contributed by atoms with Crippen molar-refractivity contribution in [2.45, 2.75) is 43.0 Å². The van der Waals surface area contributed by atoms with Gasteiger partial charge in [-0.15, -0.1) is 11.6 Å². The Morgan fingerprint density at radius 2 is 2.10 bits per heavy atom. The first-order chi connectivity index (χ1) is 9.97. The van der Waals surface area contributed by atoms with Gasteiger partial charge in [0.15, 0.2) is 0 Å². The van der Waals surface area contributed by atoms with E-state index in [1.54, 1.807) is 0 Å². The Balaban J connectivity index is 1.78. The topological polar surface area (TPSA) is 49.4 Å². The summed E-state index contributed by atoms with van der Waals surface area (Å²) in [6.07, 6.45) is 2.75. The maximum atomic E-state index is 11.9. The molecule has 0 aliphatic carbocycles. The van der Waals surface area contributed by atoms with Crippen LogP contribution in [-0.2, 0) is 16.4 Å². The fourth-order valence-corrected chi connectivity index (χ4v) is 4.41. The summed E-state index contributed by atoms with van der Waals surface area (Å²) in [6.45, 7) is 3.49. The van der Waals surface area contributed by atoms with Crippen molar-refractivity contribution in [1.29, 1.82) is 0 Å². The number of fused-ring (bicyclic) bond motifs is 3. The van der Waals surface area contributed by atoms with Gasteiger partial charge in [0.25, 0.3) is 0 Å². The van der Waals surface area contributed by atoms with Crippen LogP contribution in [0.15, 0.2) is 24.3 Å². The molecule has 1 saturated heterocycles. The first-order valence-electron chi connectivity index (χ1n) is 7.44. The third-order valence-electron chi connectivity index (χ3n) is 4.55. The lowest BCUT2D eigenvalue weighted by atomic mass is 9.85. The predicted molar refractivity (Wildman–Crippen MR) is 84.9 cm³/mol. The molecule has 0 amide bonds. The summed E-state index contributed by atoms with van der Waals surface area (Å²) in [6, 6.07) is 8.80. The molecule has 1 aromatic rings. The minimum atomic E-state index is -3.42. The molecule has 6 heteroatoms. The predicted octanol–water partition coefficient (Wildman–Crippen LogP) is 2.25. The van der Waals surface area contributed by atoms with Gasteiger partial charge in [-0.25, -0.2) is 13.1 Å². The molecule has 0 aromatic heterocycles. The van der Waals surface area contributed by atoms with E-state index in [1.807, 2.05) is 0 Å². The smallest absolute Gasteiger partial charge is 0.228 e. The molecule has 4 nitrogen and oxygen atoms in total. The zero-order valence-electron chi connectivity index (χ0n) is 12.1. The zero-order chi connectivity index (χ0) is 15.0. The quantitative estimate of drug-likeness (QED) is 0.866. The number of hydrogen-bond donors (Lipinski definition) is 1. The van der Waals surface area contributed by atoms with E-state index in [9.17, 15) is 8.42 Å². The number of halogens is 1. The largest absolute Gasteiger partial charge is 0.296 e. The van der Waals surface area contributed by atoms with E-state index in [-0.39, 0.29) is 6.04 Å². The van der Waals surface area contributed by atoms with Crippen LogP contribution in [0.5, 0.6) is 0 Å². The molecule has 2 aliphatic heterocycles. The van der Waals surface area contributed by atoms with E-state index in [2.05, 4.69) is 33.9 Å². The van der Waals surface area contributed by atoms with Crippen molar-refractivity contribution in [3.8, 4) is 0 Å². The van der Waals surface area contributed by atoms with Crippen LogP contribution in [0.4, 0.5) is 0 Å². The third kappa shape index (κ3) is 3.11.